The van der Waals surface area contributed by atoms with E-state index in [4.69, 9.17) is 33.7 Å². The summed E-state index contributed by atoms with van der Waals surface area (Å²) >= 11 is 11.7. The SMILES string of the molecule is NCc1c(F)cccc1Oc1cc(Cl)cc(Cl)c1. The molecule has 0 saturated heterocycles. The monoisotopic (exact) mass is 285 g/mol. The first-order valence-corrected chi connectivity index (χ1v) is 5.97. The van der Waals surface area contributed by atoms with Crippen LogP contribution in [0.25, 0.3) is 0 Å². The van der Waals surface area contributed by atoms with Crippen molar-refractivity contribution in [3.63, 3.8) is 0 Å². The first-order valence-electron chi connectivity index (χ1n) is 5.21. The van der Waals surface area contributed by atoms with Crippen molar-refractivity contribution >= 4 is 23.2 Å². The van der Waals surface area contributed by atoms with Crippen molar-refractivity contribution in [1.82, 2.24) is 0 Å². The molecule has 0 aliphatic carbocycles. The predicted molar refractivity (Wildman–Crippen MR) is 70.8 cm³/mol. The summed E-state index contributed by atoms with van der Waals surface area (Å²) in [5.74, 6) is 0.395. The fraction of sp³-hybridized carbons (Fsp3) is 0.0769. The number of ether oxygens (including phenoxy) is 1. The molecule has 2 aromatic rings. The van der Waals surface area contributed by atoms with Crippen LogP contribution < -0.4 is 10.5 Å². The minimum absolute atomic E-state index is 0.0519. The minimum atomic E-state index is -0.400. The van der Waals surface area contributed by atoms with Crippen molar-refractivity contribution in [1.29, 1.82) is 0 Å². The van der Waals surface area contributed by atoms with Crippen LogP contribution in [0.4, 0.5) is 4.39 Å². The molecular weight excluding hydrogens is 276 g/mol. The van der Waals surface area contributed by atoms with Crippen molar-refractivity contribution in [2.75, 3.05) is 0 Å². The Labute approximate surface area is 114 Å². The summed E-state index contributed by atoms with van der Waals surface area (Å²) in [5, 5.41) is 0.895. The lowest BCUT2D eigenvalue weighted by Gasteiger charge is -2.11. The first kappa shape index (κ1) is 13.1. The standard InChI is InChI=1S/C13H10Cl2FNO/c14-8-4-9(15)6-10(5-8)18-13-3-1-2-12(16)11(13)7-17/h1-6H,7,17H2. The highest BCUT2D eigenvalue weighted by molar-refractivity contribution is 6.34. The van der Waals surface area contributed by atoms with Gasteiger partial charge in [-0.25, -0.2) is 4.39 Å². The molecule has 0 saturated carbocycles. The second-order valence-electron chi connectivity index (χ2n) is 3.63. The van der Waals surface area contributed by atoms with Gasteiger partial charge in [-0.2, -0.15) is 0 Å². The number of hydrogen-bond acceptors (Lipinski definition) is 2. The van der Waals surface area contributed by atoms with E-state index in [1.54, 1.807) is 30.3 Å². The highest BCUT2D eigenvalue weighted by Gasteiger charge is 2.09. The second kappa shape index (κ2) is 5.57. The van der Waals surface area contributed by atoms with Gasteiger partial charge in [0.2, 0.25) is 0 Å². The van der Waals surface area contributed by atoms with E-state index in [-0.39, 0.29) is 6.54 Å². The van der Waals surface area contributed by atoms with Crippen LogP contribution in [0.5, 0.6) is 11.5 Å². The van der Waals surface area contributed by atoms with Crippen molar-refractivity contribution < 1.29 is 9.13 Å². The lowest BCUT2D eigenvalue weighted by atomic mass is 10.2. The van der Waals surface area contributed by atoms with Gasteiger partial charge in [-0.05, 0) is 30.3 Å². The Morgan fingerprint density at radius 1 is 1.11 bits per heavy atom. The Hall–Kier alpha value is -1.29. The highest BCUT2D eigenvalue weighted by Crippen LogP contribution is 2.30. The Bertz CT molecular complexity index is 555. The van der Waals surface area contributed by atoms with Gasteiger partial charge in [-0.3, -0.25) is 0 Å². The molecule has 0 atom stereocenters. The molecule has 0 amide bonds. The molecule has 2 rings (SSSR count). The zero-order valence-electron chi connectivity index (χ0n) is 9.29. The lowest BCUT2D eigenvalue weighted by molar-refractivity contribution is 0.467. The summed E-state index contributed by atoms with van der Waals surface area (Å²) in [6.07, 6.45) is 0. The first-order chi connectivity index (χ1) is 8.60. The maximum absolute atomic E-state index is 13.5. The van der Waals surface area contributed by atoms with E-state index in [9.17, 15) is 4.39 Å². The largest absolute Gasteiger partial charge is 0.457 e. The number of rotatable bonds is 3. The molecule has 94 valence electrons. The van der Waals surface area contributed by atoms with E-state index in [2.05, 4.69) is 0 Å². The van der Waals surface area contributed by atoms with Crippen LogP contribution in [0.1, 0.15) is 5.56 Å². The molecule has 0 unspecified atom stereocenters. The van der Waals surface area contributed by atoms with Crippen LogP contribution in [0.3, 0.4) is 0 Å². The lowest BCUT2D eigenvalue weighted by Crippen LogP contribution is -2.02. The van der Waals surface area contributed by atoms with E-state index in [0.29, 0.717) is 27.1 Å². The molecule has 2 N–H and O–H groups in total. The maximum atomic E-state index is 13.5. The zero-order chi connectivity index (χ0) is 13.1. The maximum Gasteiger partial charge on any atom is 0.134 e. The van der Waals surface area contributed by atoms with Gasteiger partial charge in [-0.15, -0.1) is 0 Å². The Balaban J connectivity index is 2.36. The molecule has 2 nitrogen and oxygen atoms in total. The van der Waals surface area contributed by atoms with Crippen LogP contribution in [-0.4, -0.2) is 0 Å². The van der Waals surface area contributed by atoms with Gasteiger partial charge in [0, 0.05) is 22.2 Å². The number of hydrogen-bond donors (Lipinski definition) is 1. The molecule has 0 heterocycles. The summed E-state index contributed by atoms with van der Waals surface area (Å²) in [7, 11) is 0. The topological polar surface area (TPSA) is 35.2 Å². The van der Waals surface area contributed by atoms with Gasteiger partial charge >= 0.3 is 0 Å². The third-order valence-electron chi connectivity index (χ3n) is 2.34. The minimum Gasteiger partial charge on any atom is -0.457 e. The quantitative estimate of drug-likeness (QED) is 0.908. The third-order valence-corrected chi connectivity index (χ3v) is 2.78. The molecule has 5 heteroatoms. The summed E-state index contributed by atoms with van der Waals surface area (Å²) in [5.41, 5.74) is 5.81. The molecular formula is C13H10Cl2FNO. The normalized spacial score (nSPS) is 10.4. The molecule has 0 aromatic heterocycles. The predicted octanol–water partition coefficient (Wildman–Crippen LogP) is 4.38. The molecule has 0 spiro atoms. The van der Waals surface area contributed by atoms with Crippen LogP contribution in [0.15, 0.2) is 36.4 Å². The zero-order valence-corrected chi connectivity index (χ0v) is 10.8. The van der Waals surface area contributed by atoms with Crippen LogP contribution in [0.2, 0.25) is 10.0 Å². The van der Waals surface area contributed by atoms with E-state index < -0.39 is 5.82 Å². The molecule has 2 aromatic carbocycles. The Kier molecular flexibility index (Phi) is 4.07. The molecule has 0 radical (unpaired) electrons. The van der Waals surface area contributed by atoms with Gasteiger partial charge in [0.1, 0.15) is 17.3 Å². The smallest absolute Gasteiger partial charge is 0.134 e. The average molecular weight is 286 g/mol. The van der Waals surface area contributed by atoms with Gasteiger partial charge in [0.15, 0.2) is 0 Å². The Morgan fingerprint density at radius 3 is 2.39 bits per heavy atom. The second-order valence-corrected chi connectivity index (χ2v) is 4.50. The summed E-state index contributed by atoms with van der Waals surface area (Å²) in [4.78, 5) is 0. The van der Waals surface area contributed by atoms with Crippen LogP contribution >= 0.6 is 23.2 Å². The van der Waals surface area contributed by atoms with Gasteiger partial charge in [0.05, 0.1) is 0 Å². The fourth-order valence-corrected chi connectivity index (χ4v) is 2.05. The van der Waals surface area contributed by atoms with Crippen molar-refractivity contribution in [3.8, 4) is 11.5 Å². The van der Waals surface area contributed by atoms with Crippen molar-refractivity contribution in [2.45, 2.75) is 6.54 Å². The number of halogens is 3. The molecule has 0 fully saturated rings. The van der Waals surface area contributed by atoms with Crippen LogP contribution in [-0.2, 0) is 6.54 Å². The fourth-order valence-electron chi connectivity index (χ4n) is 1.55. The molecule has 0 aliphatic rings. The Morgan fingerprint density at radius 2 is 1.78 bits per heavy atom. The van der Waals surface area contributed by atoms with Gasteiger partial charge in [-0.1, -0.05) is 29.3 Å². The van der Waals surface area contributed by atoms with Gasteiger partial charge in [0.25, 0.3) is 0 Å². The third kappa shape index (κ3) is 2.93. The van der Waals surface area contributed by atoms with E-state index in [1.807, 2.05) is 0 Å². The van der Waals surface area contributed by atoms with Crippen molar-refractivity contribution in [2.24, 2.45) is 5.73 Å². The number of nitrogens with two attached hydrogens (primary N) is 1. The summed E-state index contributed by atoms with van der Waals surface area (Å²) in [6, 6.07) is 9.30. The molecule has 0 aliphatic heterocycles. The van der Waals surface area contributed by atoms with E-state index in [0.717, 1.165) is 0 Å². The van der Waals surface area contributed by atoms with E-state index in [1.165, 1.54) is 6.07 Å². The highest BCUT2D eigenvalue weighted by atomic mass is 35.5. The summed E-state index contributed by atoms with van der Waals surface area (Å²) < 4.78 is 19.1. The molecule has 0 bridgehead atoms. The van der Waals surface area contributed by atoms with E-state index >= 15 is 0 Å². The summed E-state index contributed by atoms with van der Waals surface area (Å²) in [6.45, 7) is 0.0519. The van der Waals surface area contributed by atoms with Gasteiger partial charge < -0.3 is 10.5 Å². The average Bonchev–Trinajstić information content (AvgIpc) is 2.27. The van der Waals surface area contributed by atoms with Crippen LogP contribution in [0, 0.1) is 5.82 Å². The molecule has 18 heavy (non-hydrogen) atoms. The number of benzene rings is 2. The van der Waals surface area contributed by atoms with Crippen molar-refractivity contribution in [3.05, 3.63) is 57.8 Å².